The SMILES string of the molecule is O=C(c1ccncc1Cl)N1CCC(OCCO)CC1. The van der Waals surface area contributed by atoms with Crippen molar-refractivity contribution in [2.24, 2.45) is 0 Å². The first-order valence-electron chi connectivity index (χ1n) is 6.33. The molecule has 2 rings (SSSR count). The predicted octanol–water partition coefficient (Wildman–Crippen LogP) is 1.35. The minimum atomic E-state index is -0.0620. The number of ether oxygens (including phenoxy) is 1. The van der Waals surface area contributed by atoms with Gasteiger partial charge in [0.1, 0.15) is 0 Å². The molecule has 0 radical (unpaired) electrons. The highest BCUT2D eigenvalue weighted by atomic mass is 35.5. The van der Waals surface area contributed by atoms with Crippen molar-refractivity contribution < 1.29 is 14.6 Å². The number of rotatable bonds is 4. The fourth-order valence-electron chi connectivity index (χ4n) is 2.16. The van der Waals surface area contributed by atoms with Crippen LogP contribution in [0.3, 0.4) is 0 Å². The number of aliphatic hydroxyl groups excluding tert-OH is 1. The maximum Gasteiger partial charge on any atom is 0.255 e. The van der Waals surface area contributed by atoms with Crippen LogP contribution in [0, 0.1) is 0 Å². The van der Waals surface area contributed by atoms with E-state index in [4.69, 9.17) is 21.4 Å². The van der Waals surface area contributed by atoms with Crippen LogP contribution < -0.4 is 0 Å². The second kappa shape index (κ2) is 6.84. The molecule has 1 aromatic rings. The summed E-state index contributed by atoms with van der Waals surface area (Å²) in [6.45, 7) is 1.68. The van der Waals surface area contributed by atoms with E-state index in [0.29, 0.717) is 30.3 Å². The molecule has 1 aromatic heterocycles. The summed E-state index contributed by atoms with van der Waals surface area (Å²) in [5.41, 5.74) is 0.492. The molecule has 1 amide bonds. The van der Waals surface area contributed by atoms with Gasteiger partial charge in [-0.2, -0.15) is 0 Å². The van der Waals surface area contributed by atoms with E-state index in [-0.39, 0.29) is 18.6 Å². The van der Waals surface area contributed by atoms with Crippen molar-refractivity contribution in [3.8, 4) is 0 Å². The molecule has 0 atom stereocenters. The largest absolute Gasteiger partial charge is 0.394 e. The highest BCUT2D eigenvalue weighted by molar-refractivity contribution is 6.33. The third-order valence-corrected chi connectivity index (χ3v) is 3.48. The number of carbonyl (C=O) groups excluding carboxylic acids is 1. The zero-order chi connectivity index (χ0) is 13.7. The lowest BCUT2D eigenvalue weighted by molar-refractivity contribution is -0.00554. The molecule has 6 heteroatoms. The highest BCUT2D eigenvalue weighted by Gasteiger charge is 2.25. The van der Waals surface area contributed by atoms with Gasteiger partial charge in [-0.25, -0.2) is 0 Å². The fraction of sp³-hybridized carbons (Fsp3) is 0.538. The number of aliphatic hydroxyl groups is 1. The third-order valence-electron chi connectivity index (χ3n) is 3.18. The van der Waals surface area contributed by atoms with Gasteiger partial charge in [0.2, 0.25) is 0 Å². The summed E-state index contributed by atoms with van der Waals surface area (Å²) in [5.74, 6) is -0.0620. The zero-order valence-corrected chi connectivity index (χ0v) is 11.3. The Morgan fingerprint density at radius 3 is 2.89 bits per heavy atom. The number of amides is 1. The second-order valence-electron chi connectivity index (χ2n) is 4.44. The van der Waals surface area contributed by atoms with Crippen molar-refractivity contribution in [3.05, 3.63) is 29.0 Å². The number of piperidine rings is 1. The molecule has 104 valence electrons. The Morgan fingerprint density at radius 2 is 2.26 bits per heavy atom. The maximum absolute atomic E-state index is 12.3. The normalized spacial score (nSPS) is 16.6. The van der Waals surface area contributed by atoms with E-state index in [9.17, 15) is 4.79 Å². The molecule has 0 aliphatic carbocycles. The van der Waals surface area contributed by atoms with Crippen LogP contribution in [0.1, 0.15) is 23.2 Å². The van der Waals surface area contributed by atoms with Gasteiger partial charge in [-0.05, 0) is 18.9 Å². The monoisotopic (exact) mass is 284 g/mol. The van der Waals surface area contributed by atoms with Gasteiger partial charge in [0, 0.05) is 25.5 Å². The van der Waals surface area contributed by atoms with Crippen molar-refractivity contribution in [1.82, 2.24) is 9.88 Å². The van der Waals surface area contributed by atoms with Gasteiger partial charge in [0.25, 0.3) is 5.91 Å². The van der Waals surface area contributed by atoms with E-state index in [1.54, 1.807) is 17.2 Å². The molecule has 1 aliphatic rings. The lowest BCUT2D eigenvalue weighted by Gasteiger charge is -2.32. The van der Waals surface area contributed by atoms with Gasteiger partial charge >= 0.3 is 0 Å². The number of aromatic nitrogens is 1. The molecule has 1 N–H and O–H groups in total. The van der Waals surface area contributed by atoms with E-state index in [2.05, 4.69) is 4.98 Å². The minimum absolute atomic E-state index is 0.0335. The van der Waals surface area contributed by atoms with Crippen LogP contribution in [0.4, 0.5) is 0 Å². The van der Waals surface area contributed by atoms with E-state index in [1.807, 2.05) is 0 Å². The van der Waals surface area contributed by atoms with E-state index < -0.39 is 0 Å². The predicted molar refractivity (Wildman–Crippen MR) is 71.2 cm³/mol. The van der Waals surface area contributed by atoms with Gasteiger partial charge in [-0.1, -0.05) is 11.6 Å². The van der Waals surface area contributed by atoms with Crippen LogP contribution in [0.25, 0.3) is 0 Å². The second-order valence-corrected chi connectivity index (χ2v) is 4.85. The molecular weight excluding hydrogens is 268 g/mol. The Kier molecular flexibility index (Phi) is 5.13. The zero-order valence-electron chi connectivity index (χ0n) is 10.6. The summed E-state index contributed by atoms with van der Waals surface area (Å²) >= 11 is 5.97. The molecule has 1 aliphatic heterocycles. The number of carbonyl (C=O) groups is 1. The molecule has 2 heterocycles. The molecule has 0 unspecified atom stereocenters. The number of nitrogens with zero attached hydrogens (tertiary/aromatic N) is 2. The first-order valence-corrected chi connectivity index (χ1v) is 6.71. The Labute approximate surface area is 117 Å². The topological polar surface area (TPSA) is 62.7 Å². The van der Waals surface area contributed by atoms with Crippen LogP contribution in [0.2, 0.25) is 5.02 Å². The summed E-state index contributed by atoms with van der Waals surface area (Å²) < 4.78 is 5.47. The lowest BCUT2D eigenvalue weighted by atomic mass is 10.1. The number of hydrogen-bond acceptors (Lipinski definition) is 4. The van der Waals surface area contributed by atoms with Gasteiger partial charge in [0.05, 0.1) is 29.9 Å². The van der Waals surface area contributed by atoms with Crippen LogP contribution in [-0.2, 0) is 4.74 Å². The first kappa shape index (κ1) is 14.2. The van der Waals surface area contributed by atoms with Crippen LogP contribution in [0.5, 0.6) is 0 Å². The summed E-state index contributed by atoms with van der Waals surface area (Å²) in [7, 11) is 0. The highest BCUT2D eigenvalue weighted by Crippen LogP contribution is 2.20. The van der Waals surface area contributed by atoms with Crippen LogP contribution in [0.15, 0.2) is 18.5 Å². The van der Waals surface area contributed by atoms with Crippen molar-refractivity contribution in [2.75, 3.05) is 26.3 Å². The fourth-order valence-corrected chi connectivity index (χ4v) is 2.36. The third kappa shape index (κ3) is 3.65. The van der Waals surface area contributed by atoms with Crippen LogP contribution >= 0.6 is 11.6 Å². The molecular formula is C13H17ClN2O3. The van der Waals surface area contributed by atoms with E-state index >= 15 is 0 Å². The minimum Gasteiger partial charge on any atom is -0.394 e. The average molecular weight is 285 g/mol. The lowest BCUT2D eigenvalue weighted by Crippen LogP contribution is -2.41. The number of hydrogen-bond donors (Lipinski definition) is 1. The first-order chi connectivity index (χ1) is 9.22. The maximum atomic E-state index is 12.3. The molecule has 0 spiro atoms. The van der Waals surface area contributed by atoms with Crippen molar-refractivity contribution in [2.45, 2.75) is 18.9 Å². The molecule has 1 fully saturated rings. The number of pyridine rings is 1. The standard InChI is InChI=1S/C13H17ClN2O3/c14-12-9-15-4-1-11(12)13(18)16-5-2-10(3-6-16)19-8-7-17/h1,4,9-10,17H,2-3,5-8H2. The van der Waals surface area contributed by atoms with Crippen LogP contribution in [-0.4, -0.2) is 53.3 Å². The Balaban J connectivity index is 1.91. The van der Waals surface area contributed by atoms with Gasteiger partial charge in [-0.15, -0.1) is 0 Å². The molecule has 0 aromatic carbocycles. The summed E-state index contributed by atoms with van der Waals surface area (Å²) in [5, 5.41) is 9.09. The van der Waals surface area contributed by atoms with Gasteiger partial charge < -0.3 is 14.7 Å². The molecule has 1 saturated heterocycles. The van der Waals surface area contributed by atoms with Gasteiger partial charge in [0.15, 0.2) is 0 Å². The van der Waals surface area contributed by atoms with E-state index in [1.165, 1.54) is 6.20 Å². The Morgan fingerprint density at radius 1 is 1.53 bits per heavy atom. The molecule has 5 nitrogen and oxygen atoms in total. The number of likely N-dealkylation sites (tertiary alicyclic amines) is 1. The summed E-state index contributed by atoms with van der Waals surface area (Å²) in [4.78, 5) is 17.9. The Bertz CT molecular complexity index is 434. The van der Waals surface area contributed by atoms with Crippen molar-refractivity contribution in [3.63, 3.8) is 0 Å². The molecule has 0 bridgehead atoms. The molecule has 0 saturated carbocycles. The smallest absolute Gasteiger partial charge is 0.255 e. The quantitative estimate of drug-likeness (QED) is 0.906. The van der Waals surface area contributed by atoms with E-state index in [0.717, 1.165) is 12.8 Å². The Hall–Kier alpha value is -1.17. The summed E-state index contributed by atoms with van der Waals surface area (Å²) in [6.07, 6.45) is 4.74. The van der Waals surface area contributed by atoms with Gasteiger partial charge in [-0.3, -0.25) is 9.78 Å². The molecule has 19 heavy (non-hydrogen) atoms. The van der Waals surface area contributed by atoms with Crippen molar-refractivity contribution in [1.29, 1.82) is 0 Å². The summed E-state index contributed by atoms with van der Waals surface area (Å²) in [6, 6.07) is 1.64. The number of halogens is 1. The van der Waals surface area contributed by atoms with Crippen molar-refractivity contribution >= 4 is 17.5 Å². The average Bonchev–Trinajstić information content (AvgIpc) is 2.45.